The Labute approximate surface area is 123 Å². The summed E-state index contributed by atoms with van der Waals surface area (Å²) in [5.74, 6) is 7.32. The Morgan fingerprint density at radius 3 is 2.65 bits per heavy atom. The first-order chi connectivity index (χ1) is 9.83. The van der Waals surface area contributed by atoms with Crippen LogP contribution in [0, 0.1) is 11.8 Å². The Hall–Kier alpha value is -1.89. The van der Waals surface area contributed by atoms with Gasteiger partial charge in [-0.15, -0.1) is 11.8 Å². The first-order valence-electron chi connectivity index (χ1n) is 6.28. The Bertz CT molecular complexity index is 612. The van der Waals surface area contributed by atoms with E-state index in [9.17, 15) is 0 Å². The summed E-state index contributed by atoms with van der Waals surface area (Å²) in [6.07, 6.45) is 0. The van der Waals surface area contributed by atoms with Crippen molar-refractivity contribution in [2.45, 2.75) is 10.6 Å². The molecule has 2 rings (SSSR count). The van der Waals surface area contributed by atoms with Crippen molar-refractivity contribution >= 4 is 11.8 Å². The van der Waals surface area contributed by atoms with Crippen molar-refractivity contribution in [3.8, 4) is 17.6 Å². The number of ether oxygens (including phenoxy) is 1. The molecule has 102 valence electrons. The van der Waals surface area contributed by atoms with Crippen LogP contribution in [0.1, 0.15) is 11.1 Å². The summed E-state index contributed by atoms with van der Waals surface area (Å²) in [6, 6.07) is 16.1. The highest BCUT2D eigenvalue weighted by molar-refractivity contribution is 7.98. The summed E-state index contributed by atoms with van der Waals surface area (Å²) >= 11 is 1.75. The number of aliphatic hydroxyl groups excluding tert-OH is 1. The zero-order chi connectivity index (χ0) is 14.2. The normalized spacial score (nSPS) is 9.70. The molecule has 0 bridgehead atoms. The monoisotopic (exact) mass is 284 g/mol. The van der Waals surface area contributed by atoms with Crippen LogP contribution in [0.15, 0.2) is 53.4 Å². The second-order valence-corrected chi connectivity index (χ2v) is 5.13. The van der Waals surface area contributed by atoms with E-state index in [4.69, 9.17) is 9.84 Å². The molecule has 0 atom stereocenters. The summed E-state index contributed by atoms with van der Waals surface area (Å²) in [6.45, 7) is -0.128. The van der Waals surface area contributed by atoms with Gasteiger partial charge in [-0.25, -0.2) is 0 Å². The molecule has 2 nitrogen and oxygen atoms in total. The molecule has 0 amide bonds. The fourth-order valence-electron chi connectivity index (χ4n) is 1.75. The smallest absolute Gasteiger partial charge is 0.119 e. The molecular formula is C17H16O2S. The van der Waals surface area contributed by atoms with Gasteiger partial charge in [0, 0.05) is 16.2 Å². The topological polar surface area (TPSA) is 29.5 Å². The predicted molar refractivity (Wildman–Crippen MR) is 83.0 cm³/mol. The van der Waals surface area contributed by atoms with E-state index in [0.29, 0.717) is 0 Å². The Morgan fingerprint density at radius 1 is 1.15 bits per heavy atom. The third-order valence-corrected chi connectivity index (χ3v) is 3.81. The van der Waals surface area contributed by atoms with Gasteiger partial charge in [0.05, 0.1) is 7.11 Å². The number of methoxy groups -OCH3 is 1. The standard InChI is InChI=1S/C17H16O2S/c1-19-16-10-9-14(6-5-11-18)15(12-16)13-20-17-7-3-2-4-8-17/h2-4,7-10,12,18H,11,13H2,1H3. The van der Waals surface area contributed by atoms with Crippen LogP contribution >= 0.6 is 11.8 Å². The molecule has 2 aromatic rings. The van der Waals surface area contributed by atoms with Crippen LogP contribution in [0.4, 0.5) is 0 Å². The molecule has 0 fully saturated rings. The average molecular weight is 284 g/mol. The number of hydrogen-bond donors (Lipinski definition) is 1. The van der Waals surface area contributed by atoms with Crippen molar-refractivity contribution in [2.24, 2.45) is 0 Å². The van der Waals surface area contributed by atoms with Crippen LogP contribution in [-0.2, 0) is 5.75 Å². The molecule has 20 heavy (non-hydrogen) atoms. The fraction of sp³-hybridized carbons (Fsp3) is 0.176. The molecule has 0 aliphatic carbocycles. The fourth-order valence-corrected chi connectivity index (χ4v) is 2.66. The summed E-state index contributed by atoms with van der Waals surface area (Å²) in [7, 11) is 1.66. The van der Waals surface area contributed by atoms with Crippen LogP contribution in [0.25, 0.3) is 0 Å². The Morgan fingerprint density at radius 2 is 1.95 bits per heavy atom. The van der Waals surface area contributed by atoms with E-state index in [-0.39, 0.29) is 6.61 Å². The van der Waals surface area contributed by atoms with E-state index < -0.39 is 0 Å². The number of rotatable bonds is 4. The van der Waals surface area contributed by atoms with Crippen molar-refractivity contribution in [3.63, 3.8) is 0 Å². The first-order valence-corrected chi connectivity index (χ1v) is 7.26. The number of aliphatic hydroxyl groups is 1. The maximum Gasteiger partial charge on any atom is 0.119 e. The second-order valence-electron chi connectivity index (χ2n) is 4.08. The van der Waals surface area contributed by atoms with Gasteiger partial charge >= 0.3 is 0 Å². The van der Waals surface area contributed by atoms with Crippen LogP contribution in [0.3, 0.4) is 0 Å². The molecule has 3 heteroatoms. The maximum atomic E-state index is 8.82. The average Bonchev–Trinajstić information content (AvgIpc) is 2.52. The molecule has 0 saturated carbocycles. The molecule has 0 heterocycles. The molecule has 0 aliphatic rings. The van der Waals surface area contributed by atoms with E-state index in [0.717, 1.165) is 22.6 Å². The van der Waals surface area contributed by atoms with Gasteiger partial charge in [-0.1, -0.05) is 30.0 Å². The van der Waals surface area contributed by atoms with Crippen LogP contribution in [-0.4, -0.2) is 18.8 Å². The molecule has 0 saturated heterocycles. The third-order valence-electron chi connectivity index (χ3n) is 2.75. The van der Waals surface area contributed by atoms with Crippen molar-refractivity contribution in [1.82, 2.24) is 0 Å². The highest BCUT2D eigenvalue weighted by Crippen LogP contribution is 2.26. The van der Waals surface area contributed by atoms with Crippen LogP contribution in [0.2, 0.25) is 0 Å². The molecule has 0 radical (unpaired) electrons. The lowest BCUT2D eigenvalue weighted by Crippen LogP contribution is -1.91. The Balaban J connectivity index is 2.19. The van der Waals surface area contributed by atoms with E-state index in [1.54, 1.807) is 18.9 Å². The summed E-state index contributed by atoms with van der Waals surface area (Å²) in [5, 5.41) is 8.82. The molecule has 0 unspecified atom stereocenters. The zero-order valence-electron chi connectivity index (χ0n) is 11.3. The van der Waals surface area contributed by atoms with Crippen molar-refractivity contribution < 1.29 is 9.84 Å². The van der Waals surface area contributed by atoms with Gasteiger partial charge in [0.25, 0.3) is 0 Å². The molecule has 0 aromatic heterocycles. The van der Waals surface area contributed by atoms with Gasteiger partial charge in [-0.3, -0.25) is 0 Å². The molecule has 0 spiro atoms. The van der Waals surface area contributed by atoms with E-state index in [1.807, 2.05) is 36.4 Å². The van der Waals surface area contributed by atoms with Crippen molar-refractivity contribution in [1.29, 1.82) is 0 Å². The lowest BCUT2D eigenvalue weighted by molar-refractivity contribution is 0.350. The van der Waals surface area contributed by atoms with Gasteiger partial charge in [-0.05, 0) is 35.9 Å². The highest BCUT2D eigenvalue weighted by Gasteiger charge is 2.04. The van der Waals surface area contributed by atoms with Crippen LogP contribution in [0.5, 0.6) is 5.75 Å². The third kappa shape index (κ3) is 4.06. The second kappa shape index (κ2) is 7.64. The summed E-state index contributed by atoms with van der Waals surface area (Å²) in [4.78, 5) is 1.22. The lowest BCUT2D eigenvalue weighted by Gasteiger charge is -2.07. The van der Waals surface area contributed by atoms with Gasteiger partial charge < -0.3 is 9.84 Å². The zero-order valence-corrected chi connectivity index (χ0v) is 12.1. The van der Waals surface area contributed by atoms with Crippen molar-refractivity contribution in [3.05, 3.63) is 59.7 Å². The molecule has 0 aliphatic heterocycles. The maximum absolute atomic E-state index is 8.82. The molecule has 2 aromatic carbocycles. The largest absolute Gasteiger partial charge is 0.497 e. The highest BCUT2D eigenvalue weighted by atomic mass is 32.2. The SMILES string of the molecule is COc1ccc(C#CCO)c(CSc2ccccc2)c1. The number of hydrogen-bond acceptors (Lipinski definition) is 3. The van der Waals surface area contributed by atoms with E-state index in [1.165, 1.54) is 4.90 Å². The molecular weight excluding hydrogens is 268 g/mol. The van der Waals surface area contributed by atoms with Gasteiger partial charge in [0.2, 0.25) is 0 Å². The quantitative estimate of drug-likeness (QED) is 0.690. The number of thioether (sulfide) groups is 1. The molecule has 1 N–H and O–H groups in total. The minimum absolute atomic E-state index is 0.128. The minimum Gasteiger partial charge on any atom is -0.497 e. The lowest BCUT2D eigenvalue weighted by atomic mass is 10.1. The van der Waals surface area contributed by atoms with E-state index >= 15 is 0 Å². The first kappa shape index (κ1) is 14.5. The minimum atomic E-state index is -0.128. The van der Waals surface area contributed by atoms with Gasteiger partial charge in [0.15, 0.2) is 0 Å². The van der Waals surface area contributed by atoms with Crippen molar-refractivity contribution in [2.75, 3.05) is 13.7 Å². The Kier molecular flexibility index (Phi) is 5.55. The summed E-state index contributed by atoms with van der Waals surface area (Å²) < 4.78 is 5.26. The number of benzene rings is 2. The predicted octanol–water partition coefficient (Wildman–Crippen LogP) is 3.33. The van der Waals surface area contributed by atoms with Crippen LogP contribution < -0.4 is 4.74 Å². The van der Waals surface area contributed by atoms with Gasteiger partial charge in [0.1, 0.15) is 12.4 Å². The van der Waals surface area contributed by atoms with Gasteiger partial charge in [-0.2, -0.15) is 0 Å². The summed E-state index contributed by atoms with van der Waals surface area (Å²) in [5.41, 5.74) is 2.04. The van der Waals surface area contributed by atoms with E-state index in [2.05, 4.69) is 24.0 Å².